The van der Waals surface area contributed by atoms with Crippen LogP contribution in [0.5, 0.6) is 0 Å². The van der Waals surface area contributed by atoms with Gasteiger partial charge in [0.1, 0.15) is 5.82 Å². The number of benzene rings is 1. The van der Waals surface area contributed by atoms with Gasteiger partial charge in [0, 0.05) is 24.4 Å². The van der Waals surface area contributed by atoms with Crippen molar-refractivity contribution in [1.82, 2.24) is 10.6 Å². The highest BCUT2D eigenvalue weighted by Crippen LogP contribution is 2.18. The second-order valence-corrected chi connectivity index (χ2v) is 7.46. The molecule has 0 aliphatic rings. The molecular formula is C18H21FN2O2S2. The van der Waals surface area contributed by atoms with E-state index < -0.39 is 0 Å². The lowest BCUT2D eigenvalue weighted by molar-refractivity contribution is -0.121. The van der Waals surface area contributed by atoms with Gasteiger partial charge >= 0.3 is 0 Å². The van der Waals surface area contributed by atoms with Crippen molar-refractivity contribution in [1.29, 1.82) is 0 Å². The Morgan fingerprint density at radius 2 is 1.80 bits per heavy atom. The monoisotopic (exact) mass is 380 g/mol. The smallest absolute Gasteiger partial charge is 0.261 e. The Hall–Kier alpha value is -1.86. The number of hydrogen-bond donors (Lipinski definition) is 2. The van der Waals surface area contributed by atoms with Crippen LogP contribution >= 0.6 is 23.1 Å². The van der Waals surface area contributed by atoms with Gasteiger partial charge < -0.3 is 10.6 Å². The Morgan fingerprint density at radius 1 is 1.04 bits per heavy atom. The SMILES string of the molecule is O=C(CCCNC(=O)c1cccs1)NCCCSc1ccc(F)cc1. The molecule has 0 bridgehead atoms. The Balaban J connectivity index is 1.47. The number of thiophene rings is 1. The van der Waals surface area contributed by atoms with Crippen molar-refractivity contribution in [2.24, 2.45) is 0 Å². The fourth-order valence-corrected chi connectivity index (χ4v) is 3.55. The van der Waals surface area contributed by atoms with E-state index in [0.29, 0.717) is 30.8 Å². The summed E-state index contributed by atoms with van der Waals surface area (Å²) in [4.78, 5) is 25.1. The maximum atomic E-state index is 12.8. The van der Waals surface area contributed by atoms with Crippen LogP contribution in [0, 0.1) is 5.82 Å². The molecule has 134 valence electrons. The zero-order valence-corrected chi connectivity index (χ0v) is 15.4. The summed E-state index contributed by atoms with van der Waals surface area (Å²) in [6.45, 7) is 1.11. The van der Waals surface area contributed by atoms with Gasteiger partial charge in [0.2, 0.25) is 5.91 Å². The number of rotatable bonds is 10. The van der Waals surface area contributed by atoms with Gasteiger partial charge in [-0.3, -0.25) is 9.59 Å². The molecule has 2 N–H and O–H groups in total. The first-order valence-electron chi connectivity index (χ1n) is 8.12. The van der Waals surface area contributed by atoms with Crippen LogP contribution in [0.2, 0.25) is 0 Å². The largest absolute Gasteiger partial charge is 0.356 e. The quantitative estimate of drug-likeness (QED) is 0.488. The van der Waals surface area contributed by atoms with Crippen molar-refractivity contribution in [3.05, 3.63) is 52.5 Å². The highest BCUT2D eigenvalue weighted by molar-refractivity contribution is 7.99. The lowest BCUT2D eigenvalue weighted by Crippen LogP contribution is -2.27. The molecule has 1 aromatic carbocycles. The highest BCUT2D eigenvalue weighted by atomic mass is 32.2. The molecule has 25 heavy (non-hydrogen) atoms. The molecular weight excluding hydrogens is 359 g/mol. The minimum absolute atomic E-state index is 0.00263. The molecule has 7 heteroatoms. The predicted octanol–water partition coefficient (Wildman–Crippen LogP) is 3.70. The van der Waals surface area contributed by atoms with Gasteiger partial charge in [-0.1, -0.05) is 6.07 Å². The van der Waals surface area contributed by atoms with Gasteiger partial charge in [0.25, 0.3) is 5.91 Å². The topological polar surface area (TPSA) is 58.2 Å². The van der Waals surface area contributed by atoms with Crippen molar-refractivity contribution >= 4 is 34.9 Å². The van der Waals surface area contributed by atoms with Gasteiger partial charge in [-0.05, 0) is 54.3 Å². The van der Waals surface area contributed by atoms with E-state index in [1.165, 1.54) is 23.5 Å². The number of thioether (sulfide) groups is 1. The van der Waals surface area contributed by atoms with Crippen LogP contribution < -0.4 is 10.6 Å². The molecule has 0 fully saturated rings. The van der Waals surface area contributed by atoms with Crippen molar-refractivity contribution in [2.75, 3.05) is 18.8 Å². The second-order valence-electron chi connectivity index (χ2n) is 5.34. The molecule has 2 rings (SSSR count). The molecule has 0 saturated heterocycles. The van der Waals surface area contributed by atoms with Gasteiger partial charge in [-0.15, -0.1) is 23.1 Å². The van der Waals surface area contributed by atoms with Crippen molar-refractivity contribution in [3.63, 3.8) is 0 Å². The summed E-state index contributed by atoms with van der Waals surface area (Å²) in [6.07, 6.45) is 1.87. The summed E-state index contributed by atoms with van der Waals surface area (Å²) < 4.78 is 12.8. The van der Waals surface area contributed by atoms with Crippen LogP contribution in [0.15, 0.2) is 46.7 Å². The number of amides is 2. The number of carbonyl (C=O) groups is 2. The zero-order chi connectivity index (χ0) is 17.9. The molecule has 2 aromatic rings. The van der Waals surface area contributed by atoms with Gasteiger partial charge in [0.05, 0.1) is 4.88 Å². The van der Waals surface area contributed by atoms with Crippen molar-refractivity contribution < 1.29 is 14.0 Å². The minimum Gasteiger partial charge on any atom is -0.356 e. The maximum absolute atomic E-state index is 12.8. The first-order chi connectivity index (χ1) is 12.1. The molecule has 0 radical (unpaired) electrons. The van der Waals surface area contributed by atoms with Crippen LogP contribution in [0.25, 0.3) is 0 Å². The van der Waals surface area contributed by atoms with Crippen LogP contribution in [0.1, 0.15) is 28.9 Å². The van der Waals surface area contributed by atoms with Crippen LogP contribution in [0.4, 0.5) is 4.39 Å². The Kier molecular flexibility index (Phi) is 8.48. The van der Waals surface area contributed by atoms with E-state index in [-0.39, 0.29) is 17.6 Å². The predicted molar refractivity (Wildman–Crippen MR) is 101 cm³/mol. The van der Waals surface area contributed by atoms with E-state index in [0.717, 1.165) is 17.1 Å². The fourth-order valence-electron chi connectivity index (χ4n) is 2.05. The first-order valence-corrected chi connectivity index (χ1v) is 9.98. The number of carbonyl (C=O) groups excluding carboxylic acids is 2. The first kappa shape index (κ1) is 19.5. The summed E-state index contributed by atoms with van der Waals surface area (Å²) in [5, 5.41) is 7.53. The second kappa shape index (κ2) is 10.9. The lowest BCUT2D eigenvalue weighted by atomic mass is 10.3. The van der Waals surface area contributed by atoms with E-state index in [9.17, 15) is 14.0 Å². The number of hydrogen-bond acceptors (Lipinski definition) is 4. The fraction of sp³-hybridized carbons (Fsp3) is 0.333. The summed E-state index contributed by atoms with van der Waals surface area (Å²) in [5.74, 6) is 0.538. The Labute approximate surface area is 155 Å². The zero-order valence-electron chi connectivity index (χ0n) is 13.8. The van der Waals surface area contributed by atoms with Gasteiger partial charge in [-0.25, -0.2) is 4.39 Å². The van der Waals surface area contributed by atoms with Crippen molar-refractivity contribution in [3.8, 4) is 0 Å². The molecule has 0 aliphatic heterocycles. The number of nitrogens with one attached hydrogen (secondary N) is 2. The molecule has 1 heterocycles. The molecule has 0 unspecified atom stereocenters. The summed E-state index contributed by atoms with van der Waals surface area (Å²) >= 11 is 3.04. The summed E-state index contributed by atoms with van der Waals surface area (Å²) in [6, 6.07) is 10.0. The average Bonchev–Trinajstić information content (AvgIpc) is 3.14. The van der Waals surface area contributed by atoms with Crippen LogP contribution in [-0.4, -0.2) is 30.7 Å². The standard InChI is InChI=1S/C18H21FN2O2S2/c19-14-6-8-15(9-7-14)24-13-3-11-20-17(22)5-1-10-21-18(23)16-4-2-12-25-16/h2,4,6-9,12H,1,3,5,10-11,13H2,(H,20,22)(H,21,23). The Morgan fingerprint density at radius 3 is 2.52 bits per heavy atom. The maximum Gasteiger partial charge on any atom is 0.261 e. The van der Waals surface area contributed by atoms with Gasteiger partial charge in [-0.2, -0.15) is 0 Å². The third-order valence-electron chi connectivity index (χ3n) is 3.34. The summed E-state index contributed by atoms with van der Waals surface area (Å²) in [7, 11) is 0. The Bertz CT molecular complexity index is 660. The third-order valence-corrected chi connectivity index (χ3v) is 5.30. The van der Waals surface area contributed by atoms with E-state index in [1.54, 1.807) is 30.0 Å². The molecule has 0 saturated carbocycles. The van der Waals surface area contributed by atoms with Crippen molar-refractivity contribution in [2.45, 2.75) is 24.2 Å². The molecule has 2 amide bonds. The highest BCUT2D eigenvalue weighted by Gasteiger charge is 2.06. The molecule has 0 spiro atoms. The molecule has 0 atom stereocenters. The number of halogens is 1. The molecule has 0 aliphatic carbocycles. The van der Waals surface area contributed by atoms with E-state index in [1.807, 2.05) is 11.4 Å². The van der Waals surface area contributed by atoms with Crippen LogP contribution in [-0.2, 0) is 4.79 Å². The lowest BCUT2D eigenvalue weighted by Gasteiger charge is -2.06. The summed E-state index contributed by atoms with van der Waals surface area (Å²) in [5.41, 5.74) is 0. The van der Waals surface area contributed by atoms with E-state index in [4.69, 9.17) is 0 Å². The van der Waals surface area contributed by atoms with E-state index >= 15 is 0 Å². The van der Waals surface area contributed by atoms with Gasteiger partial charge in [0.15, 0.2) is 0 Å². The molecule has 4 nitrogen and oxygen atoms in total. The minimum atomic E-state index is -0.233. The third kappa shape index (κ3) is 7.70. The van der Waals surface area contributed by atoms with E-state index in [2.05, 4.69) is 10.6 Å². The van der Waals surface area contributed by atoms with Crippen LogP contribution in [0.3, 0.4) is 0 Å². The molecule has 1 aromatic heterocycles. The normalized spacial score (nSPS) is 10.4. The average molecular weight is 381 g/mol.